The number of aromatic nitrogens is 1. The summed E-state index contributed by atoms with van der Waals surface area (Å²) in [7, 11) is 0. The predicted molar refractivity (Wildman–Crippen MR) is 89.7 cm³/mol. The number of nitrogens with one attached hydrogen (secondary N) is 1. The highest BCUT2D eigenvalue weighted by molar-refractivity contribution is 9.10. The smallest absolute Gasteiger partial charge is 0.257 e. The number of hydrogen-bond donors (Lipinski definition) is 1. The van der Waals surface area contributed by atoms with Gasteiger partial charge in [-0.1, -0.05) is 13.3 Å². The third-order valence-electron chi connectivity index (χ3n) is 3.94. The molecule has 1 aliphatic heterocycles. The van der Waals surface area contributed by atoms with Gasteiger partial charge in [-0.2, -0.15) is 0 Å². The van der Waals surface area contributed by atoms with Gasteiger partial charge in [-0.15, -0.1) is 0 Å². The lowest BCUT2D eigenvalue weighted by atomic mass is 9.97. The molecule has 1 aromatic rings. The molecule has 4 nitrogen and oxygen atoms in total. The van der Waals surface area contributed by atoms with Crippen molar-refractivity contribution in [1.29, 1.82) is 0 Å². The highest BCUT2D eigenvalue weighted by atomic mass is 79.9. The third kappa shape index (κ3) is 3.96. The number of carbonyl (C=O) groups is 1. The first-order valence-corrected chi connectivity index (χ1v) is 8.67. The number of piperidine rings is 1. The van der Waals surface area contributed by atoms with Crippen molar-refractivity contribution in [2.75, 3.05) is 18.4 Å². The second-order valence-electron chi connectivity index (χ2n) is 5.52. The molecule has 1 amide bonds. The quantitative estimate of drug-likeness (QED) is 0.867. The van der Waals surface area contributed by atoms with Crippen LogP contribution in [0.15, 0.2) is 16.7 Å². The fourth-order valence-corrected chi connectivity index (χ4v) is 3.30. The minimum absolute atomic E-state index is 0.109. The molecule has 0 bridgehead atoms. The van der Waals surface area contributed by atoms with Crippen molar-refractivity contribution < 1.29 is 4.79 Å². The van der Waals surface area contributed by atoms with Gasteiger partial charge in [-0.3, -0.25) is 4.79 Å². The van der Waals surface area contributed by atoms with Gasteiger partial charge in [0.05, 0.1) is 5.56 Å². The van der Waals surface area contributed by atoms with Crippen LogP contribution in [0.5, 0.6) is 0 Å². The van der Waals surface area contributed by atoms with E-state index in [1.54, 1.807) is 6.20 Å². The van der Waals surface area contributed by atoms with Crippen LogP contribution in [0.1, 0.15) is 56.3 Å². The maximum atomic E-state index is 13.0. The largest absolute Gasteiger partial charge is 0.370 e. The minimum Gasteiger partial charge on any atom is -0.370 e. The average molecular weight is 354 g/mol. The van der Waals surface area contributed by atoms with E-state index in [-0.39, 0.29) is 5.91 Å². The molecule has 1 unspecified atom stereocenters. The molecule has 0 radical (unpaired) electrons. The first-order valence-electron chi connectivity index (χ1n) is 7.87. The molecule has 1 aromatic heterocycles. The molecule has 21 heavy (non-hydrogen) atoms. The number of hydrogen-bond acceptors (Lipinski definition) is 3. The Kier molecular flexibility index (Phi) is 6.03. The van der Waals surface area contributed by atoms with Crippen LogP contribution in [-0.2, 0) is 0 Å². The zero-order chi connectivity index (χ0) is 15.2. The van der Waals surface area contributed by atoms with Crippen LogP contribution >= 0.6 is 15.9 Å². The Morgan fingerprint density at radius 2 is 2.29 bits per heavy atom. The maximum absolute atomic E-state index is 13.0. The van der Waals surface area contributed by atoms with Crippen molar-refractivity contribution in [3.63, 3.8) is 0 Å². The zero-order valence-corrected chi connectivity index (χ0v) is 14.4. The van der Waals surface area contributed by atoms with Crippen molar-refractivity contribution in [2.24, 2.45) is 0 Å². The third-order valence-corrected chi connectivity index (χ3v) is 4.37. The highest BCUT2D eigenvalue weighted by Crippen LogP contribution is 2.26. The number of amides is 1. The van der Waals surface area contributed by atoms with Crippen molar-refractivity contribution in [2.45, 2.75) is 52.0 Å². The molecule has 1 saturated heterocycles. The van der Waals surface area contributed by atoms with E-state index in [4.69, 9.17) is 0 Å². The van der Waals surface area contributed by atoms with Crippen LogP contribution in [0.2, 0.25) is 0 Å². The van der Waals surface area contributed by atoms with E-state index in [0.29, 0.717) is 17.4 Å². The minimum atomic E-state index is 0.109. The van der Waals surface area contributed by atoms with Crippen molar-refractivity contribution >= 4 is 27.7 Å². The van der Waals surface area contributed by atoms with Crippen LogP contribution in [0.3, 0.4) is 0 Å². The molecule has 0 saturated carbocycles. The van der Waals surface area contributed by atoms with Crippen LogP contribution in [0.4, 0.5) is 5.82 Å². The van der Waals surface area contributed by atoms with Gasteiger partial charge < -0.3 is 10.2 Å². The molecule has 2 rings (SSSR count). The molecule has 1 N–H and O–H groups in total. The molecule has 5 heteroatoms. The van der Waals surface area contributed by atoms with E-state index in [2.05, 4.69) is 38.1 Å². The molecule has 1 fully saturated rings. The van der Waals surface area contributed by atoms with E-state index < -0.39 is 0 Å². The second-order valence-corrected chi connectivity index (χ2v) is 6.43. The molecular weight excluding hydrogens is 330 g/mol. The first kappa shape index (κ1) is 16.3. The Balaban J connectivity index is 2.26. The molecule has 116 valence electrons. The Hall–Kier alpha value is -1.10. The van der Waals surface area contributed by atoms with E-state index in [0.717, 1.165) is 43.2 Å². The summed E-state index contributed by atoms with van der Waals surface area (Å²) < 4.78 is 0.844. The van der Waals surface area contributed by atoms with E-state index in [1.807, 2.05) is 13.0 Å². The Bertz CT molecular complexity index is 490. The van der Waals surface area contributed by atoms with Crippen LogP contribution < -0.4 is 5.32 Å². The topological polar surface area (TPSA) is 45.2 Å². The fraction of sp³-hybridized carbons (Fsp3) is 0.625. The van der Waals surface area contributed by atoms with E-state index in [1.165, 1.54) is 6.42 Å². The Labute approximate surface area is 135 Å². The molecule has 2 heterocycles. The monoisotopic (exact) mass is 353 g/mol. The molecule has 1 atom stereocenters. The molecule has 1 aliphatic rings. The second kappa shape index (κ2) is 7.78. The van der Waals surface area contributed by atoms with Gasteiger partial charge >= 0.3 is 0 Å². The average Bonchev–Trinajstić information content (AvgIpc) is 2.49. The number of anilines is 1. The van der Waals surface area contributed by atoms with Crippen molar-refractivity contribution in [1.82, 2.24) is 9.88 Å². The number of carbonyl (C=O) groups excluding carboxylic acids is 1. The molecule has 0 spiro atoms. The van der Waals surface area contributed by atoms with Gasteiger partial charge in [0.2, 0.25) is 0 Å². The van der Waals surface area contributed by atoms with Gasteiger partial charge in [-0.05, 0) is 54.6 Å². The summed E-state index contributed by atoms with van der Waals surface area (Å²) in [6.45, 7) is 5.82. The predicted octanol–water partition coefficient (Wildman–Crippen LogP) is 4.07. The Morgan fingerprint density at radius 1 is 1.48 bits per heavy atom. The van der Waals surface area contributed by atoms with Gasteiger partial charge in [0.15, 0.2) is 0 Å². The number of likely N-dealkylation sites (tertiary alicyclic amines) is 1. The number of nitrogens with zero attached hydrogens (tertiary/aromatic N) is 2. The SMILES string of the molecule is CCCC1CCCCN1C(=O)c1cc(Br)cnc1NCC. The summed E-state index contributed by atoms with van der Waals surface area (Å²) in [6.07, 6.45) is 7.39. The summed E-state index contributed by atoms with van der Waals surface area (Å²) in [4.78, 5) is 19.4. The van der Waals surface area contributed by atoms with Crippen LogP contribution in [0.25, 0.3) is 0 Å². The van der Waals surface area contributed by atoms with Crippen molar-refractivity contribution in [3.8, 4) is 0 Å². The van der Waals surface area contributed by atoms with Crippen LogP contribution in [0, 0.1) is 0 Å². The number of rotatable bonds is 5. The van der Waals surface area contributed by atoms with Gasteiger partial charge in [0, 0.05) is 29.8 Å². The van der Waals surface area contributed by atoms with Gasteiger partial charge in [0.25, 0.3) is 5.91 Å². The molecule has 0 aromatic carbocycles. The standard InChI is InChI=1S/C16H24BrN3O/c1-3-7-13-8-5-6-9-20(13)16(21)14-10-12(17)11-19-15(14)18-4-2/h10-11,13H,3-9H2,1-2H3,(H,18,19). The maximum Gasteiger partial charge on any atom is 0.257 e. The van der Waals surface area contributed by atoms with E-state index in [9.17, 15) is 4.79 Å². The number of pyridine rings is 1. The molecule has 0 aliphatic carbocycles. The summed E-state index contributed by atoms with van der Waals surface area (Å²) >= 11 is 3.42. The molecular formula is C16H24BrN3O. The van der Waals surface area contributed by atoms with Crippen molar-refractivity contribution in [3.05, 3.63) is 22.3 Å². The lowest BCUT2D eigenvalue weighted by Crippen LogP contribution is -2.44. The zero-order valence-electron chi connectivity index (χ0n) is 12.9. The highest BCUT2D eigenvalue weighted by Gasteiger charge is 2.28. The summed E-state index contributed by atoms with van der Waals surface area (Å²) in [5.41, 5.74) is 0.675. The summed E-state index contributed by atoms with van der Waals surface area (Å²) in [5, 5.41) is 3.19. The van der Waals surface area contributed by atoms with Crippen LogP contribution in [-0.4, -0.2) is 34.9 Å². The fourth-order valence-electron chi connectivity index (χ4n) is 2.97. The Morgan fingerprint density at radius 3 is 3.00 bits per heavy atom. The first-order chi connectivity index (χ1) is 10.2. The number of halogens is 1. The van der Waals surface area contributed by atoms with Gasteiger partial charge in [0.1, 0.15) is 5.82 Å². The normalized spacial score (nSPS) is 18.6. The lowest BCUT2D eigenvalue weighted by Gasteiger charge is -2.36. The van der Waals surface area contributed by atoms with E-state index >= 15 is 0 Å². The summed E-state index contributed by atoms with van der Waals surface area (Å²) in [5.74, 6) is 0.796. The lowest BCUT2D eigenvalue weighted by molar-refractivity contribution is 0.0601. The van der Waals surface area contributed by atoms with Gasteiger partial charge in [-0.25, -0.2) is 4.98 Å². The summed E-state index contributed by atoms with van der Waals surface area (Å²) in [6, 6.07) is 2.26.